The highest BCUT2D eigenvalue weighted by Crippen LogP contribution is 2.23. The Bertz CT molecular complexity index is 1240. The molecule has 1 heterocycles. The number of carbonyl (C=O) groups is 2. The Morgan fingerprint density at radius 2 is 1.82 bits per heavy atom. The number of hydrogen-bond donors (Lipinski definition) is 3. The van der Waals surface area contributed by atoms with Crippen molar-refractivity contribution < 1.29 is 14.3 Å². The summed E-state index contributed by atoms with van der Waals surface area (Å²) in [5, 5.41) is 0.850. The molecule has 0 saturated heterocycles. The Kier molecular flexibility index (Phi) is 6.95. The SMILES string of the molecule is Cc1cccc(OC(C)C(=O)NNC(=O)c2ccc(CSc3nc4ccccc4[nH]3)cc2)c1. The molecule has 1 unspecified atom stereocenters. The summed E-state index contributed by atoms with van der Waals surface area (Å²) in [7, 11) is 0. The van der Waals surface area contributed by atoms with Crippen molar-refractivity contribution in [2.45, 2.75) is 30.9 Å². The lowest BCUT2D eigenvalue weighted by Gasteiger charge is -2.15. The first kappa shape index (κ1) is 22.4. The van der Waals surface area contributed by atoms with Crippen molar-refractivity contribution in [3.8, 4) is 5.75 Å². The molecule has 4 rings (SSSR count). The molecule has 168 valence electrons. The molecule has 0 radical (unpaired) electrons. The number of ether oxygens (including phenoxy) is 1. The van der Waals surface area contributed by atoms with Crippen molar-refractivity contribution in [1.29, 1.82) is 0 Å². The molecule has 0 spiro atoms. The Hall–Kier alpha value is -3.78. The molecule has 1 aromatic heterocycles. The van der Waals surface area contributed by atoms with Gasteiger partial charge in [0.2, 0.25) is 0 Å². The minimum absolute atomic E-state index is 0.400. The van der Waals surface area contributed by atoms with Gasteiger partial charge in [0.25, 0.3) is 11.8 Å². The zero-order chi connectivity index (χ0) is 23.2. The number of aromatic nitrogens is 2. The van der Waals surface area contributed by atoms with E-state index in [1.807, 2.05) is 61.5 Å². The van der Waals surface area contributed by atoms with Crippen LogP contribution in [0.1, 0.15) is 28.4 Å². The third kappa shape index (κ3) is 5.93. The lowest BCUT2D eigenvalue weighted by atomic mass is 10.1. The second-order valence-electron chi connectivity index (χ2n) is 7.56. The third-order valence-electron chi connectivity index (χ3n) is 4.93. The van der Waals surface area contributed by atoms with Crippen molar-refractivity contribution in [2.24, 2.45) is 0 Å². The molecular formula is C25H24N4O3S. The Balaban J connectivity index is 1.25. The number of amides is 2. The van der Waals surface area contributed by atoms with Gasteiger partial charge in [0.1, 0.15) is 5.75 Å². The van der Waals surface area contributed by atoms with Crippen LogP contribution in [0, 0.1) is 6.92 Å². The summed E-state index contributed by atoms with van der Waals surface area (Å²) in [6, 6.07) is 22.5. The number of hydrazine groups is 1. The smallest absolute Gasteiger partial charge is 0.279 e. The van der Waals surface area contributed by atoms with Crippen LogP contribution in [0.15, 0.2) is 78.0 Å². The number of thioether (sulfide) groups is 1. The lowest BCUT2D eigenvalue weighted by molar-refractivity contribution is -0.128. The van der Waals surface area contributed by atoms with Gasteiger partial charge in [0.05, 0.1) is 11.0 Å². The van der Waals surface area contributed by atoms with Crippen LogP contribution in [0.4, 0.5) is 0 Å². The first-order chi connectivity index (χ1) is 16.0. The number of para-hydroxylation sites is 2. The van der Waals surface area contributed by atoms with E-state index in [0.29, 0.717) is 17.1 Å². The average Bonchev–Trinajstić information content (AvgIpc) is 3.24. The van der Waals surface area contributed by atoms with Gasteiger partial charge >= 0.3 is 0 Å². The average molecular weight is 461 g/mol. The summed E-state index contributed by atoms with van der Waals surface area (Å²) in [6.07, 6.45) is -0.759. The molecule has 0 fully saturated rings. The van der Waals surface area contributed by atoms with Crippen molar-refractivity contribution in [1.82, 2.24) is 20.8 Å². The summed E-state index contributed by atoms with van der Waals surface area (Å²) in [5.74, 6) is 0.470. The van der Waals surface area contributed by atoms with Crippen molar-refractivity contribution in [2.75, 3.05) is 0 Å². The van der Waals surface area contributed by atoms with Gasteiger partial charge in [0, 0.05) is 11.3 Å². The van der Waals surface area contributed by atoms with Gasteiger partial charge in [-0.25, -0.2) is 4.98 Å². The van der Waals surface area contributed by atoms with E-state index in [1.165, 1.54) is 0 Å². The molecule has 0 aliphatic carbocycles. The number of rotatable bonds is 7. The largest absolute Gasteiger partial charge is 0.481 e. The van der Waals surface area contributed by atoms with E-state index in [4.69, 9.17) is 4.74 Å². The fourth-order valence-electron chi connectivity index (χ4n) is 3.14. The van der Waals surface area contributed by atoms with Crippen LogP contribution in [0.5, 0.6) is 5.75 Å². The standard InChI is InChI=1S/C25H24N4O3S/c1-16-6-5-7-20(14-16)32-17(2)23(30)28-29-24(31)19-12-10-18(11-13-19)15-33-25-26-21-8-3-4-9-22(21)27-25/h3-14,17H,15H2,1-2H3,(H,26,27)(H,28,30)(H,29,31). The monoisotopic (exact) mass is 460 g/mol. The van der Waals surface area contributed by atoms with Crippen LogP contribution in [-0.4, -0.2) is 27.9 Å². The van der Waals surface area contributed by atoms with E-state index in [2.05, 4.69) is 20.8 Å². The molecule has 2 amide bonds. The van der Waals surface area contributed by atoms with Crippen molar-refractivity contribution in [3.05, 3.63) is 89.5 Å². The van der Waals surface area contributed by atoms with E-state index in [0.717, 1.165) is 27.3 Å². The summed E-state index contributed by atoms with van der Waals surface area (Å²) in [4.78, 5) is 32.5. The van der Waals surface area contributed by atoms with Crippen molar-refractivity contribution in [3.63, 3.8) is 0 Å². The molecule has 4 aromatic rings. The molecule has 0 aliphatic rings. The van der Waals surface area contributed by atoms with Crippen LogP contribution in [0.25, 0.3) is 11.0 Å². The van der Waals surface area contributed by atoms with Crippen LogP contribution >= 0.6 is 11.8 Å². The molecule has 0 aliphatic heterocycles. The number of benzene rings is 3. The number of fused-ring (bicyclic) bond motifs is 1. The third-order valence-corrected chi connectivity index (χ3v) is 5.87. The highest BCUT2D eigenvalue weighted by Gasteiger charge is 2.16. The minimum Gasteiger partial charge on any atom is -0.481 e. The summed E-state index contributed by atoms with van der Waals surface area (Å²) in [5.41, 5.74) is 9.32. The van der Waals surface area contributed by atoms with Crippen LogP contribution in [-0.2, 0) is 10.5 Å². The molecule has 8 heteroatoms. The van der Waals surface area contributed by atoms with Crippen LogP contribution in [0.2, 0.25) is 0 Å². The van der Waals surface area contributed by atoms with E-state index in [9.17, 15) is 9.59 Å². The van der Waals surface area contributed by atoms with Gasteiger partial charge in [-0.05, 0) is 61.4 Å². The maximum Gasteiger partial charge on any atom is 0.279 e. The van der Waals surface area contributed by atoms with E-state index < -0.39 is 17.9 Å². The Labute approximate surface area is 195 Å². The van der Waals surface area contributed by atoms with E-state index >= 15 is 0 Å². The zero-order valence-electron chi connectivity index (χ0n) is 18.3. The number of imidazole rings is 1. The van der Waals surface area contributed by atoms with Crippen LogP contribution in [0.3, 0.4) is 0 Å². The number of carbonyl (C=O) groups excluding carboxylic acids is 2. The molecule has 7 nitrogen and oxygen atoms in total. The molecule has 1 atom stereocenters. The van der Waals surface area contributed by atoms with Gasteiger partial charge in [-0.1, -0.05) is 48.2 Å². The fourth-order valence-corrected chi connectivity index (χ4v) is 3.98. The summed E-state index contributed by atoms with van der Waals surface area (Å²) >= 11 is 1.59. The minimum atomic E-state index is -0.759. The van der Waals surface area contributed by atoms with Crippen LogP contribution < -0.4 is 15.6 Å². The second-order valence-corrected chi connectivity index (χ2v) is 8.53. The highest BCUT2D eigenvalue weighted by atomic mass is 32.2. The van der Waals surface area contributed by atoms with Gasteiger partial charge in [0.15, 0.2) is 11.3 Å². The molecular weight excluding hydrogens is 436 g/mol. The number of H-pyrrole nitrogens is 1. The number of hydrogen-bond acceptors (Lipinski definition) is 5. The molecule has 33 heavy (non-hydrogen) atoms. The summed E-state index contributed by atoms with van der Waals surface area (Å²) < 4.78 is 5.62. The molecule has 3 N–H and O–H groups in total. The predicted molar refractivity (Wildman–Crippen MR) is 129 cm³/mol. The van der Waals surface area contributed by atoms with Gasteiger partial charge < -0.3 is 9.72 Å². The highest BCUT2D eigenvalue weighted by molar-refractivity contribution is 7.98. The fraction of sp³-hybridized carbons (Fsp3) is 0.160. The quantitative estimate of drug-likeness (QED) is 0.281. The van der Waals surface area contributed by atoms with Crippen molar-refractivity contribution >= 4 is 34.6 Å². The number of nitrogens with zero attached hydrogens (tertiary/aromatic N) is 1. The zero-order valence-corrected chi connectivity index (χ0v) is 19.1. The maximum atomic E-state index is 12.4. The van der Waals surface area contributed by atoms with Gasteiger partial charge in [-0.2, -0.15) is 0 Å². The van der Waals surface area contributed by atoms with E-state index in [-0.39, 0.29) is 0 Å². The number of aryl methyl sites for hydroxylation is 1. The molecule has 3 aromatic carbocycles. The Morgan fingerprint density at radius 1 is 1.03 bits per heavy atom. The molecule has 0 bridgehead atoms. The lowest BCUT2D eigenvalue weighted by Crippen LogP contribution is -2.47. The van der Waals surface area contributed by atoms with Gasteiger partial charge in [-0.3, -0.25) is 20.4 Å². The first-order valence-electron chi connectivity index (χ1n) is 10.5. The molecule has 0 saturated carbocycles. The Morgan fingerprint density at radius 3 is 2.58 bits per heavy atom. The maximum absolute atomic E-state index is 12.4. The first-order valence-corrected chi connectivity index (χ1v) is 11.5. The topological polar surface area (TPSA) is 96.1 Å². The number of aromatic amines is 1. The second kappa shape index (κ2) is 10.2. The van der Waals surface area contributed by atoms with E-state index in [1.54, 1.807) is 36.9 Å². The predicted octanol–water partition coefficient (Wildman–Crippen LogP) is 4.39. The van der Waals surface area contributed by atoms with Gasteiger partial charge in [-0.15, -0.1) is 0 Å². The normalized spacial score (nSPS) is 11.7. The summed E-state index contributed by atoms with van der Waals surface area (Å²) in [6.45, 7) is 3.57. The number of nitrogens with one attached hydrogen (secondary N) is 3.